The summed E-state index contributed by atoms with van der Waals surface area (Å²) in [4.78, 5) is 13.3. The first-order chi connectivity index (χ1) is 5.38. The van der Waals surface area contributed by atoms with Gasteiger partial charge in [0.15, 0.2) is 0 Å². The maximum Gasteiger partial charge on any atom is 0.238 e. The molecule has 1 radical (unpaired) electrons. The van der Waals surface area contributed by atoms with Crippen molar-refractivity contribution in [3.05, 3.63) is 0 Å². The molecule has 11 heavy (non-hydrogen) atoms. The molecule has 61 valence electrons. The van der Waals surface area contributed by atoms with Crippen molar-refractivity contribution in [2.24, 2.45) is 0 Å². The van der Waals surface area contributed by atoms with Crippen LogP contribution in [0.3, 0.4) is 0 Å². The van der Waals surface area contributed by atoms with E-state index < -0.39 is 0 Å². The minimum absolute atomic E-state index is 0.237. The van der Waals surface area contributed by atoms with Gasteiger partial charge < -0.3 is 4.90 Å². The van der Waals surface area contributed by atoms with Crippen molar-refractivity contribution in [1.29, 1.82) is 0 Å². The van der Waals surface area contributed by atoms with E-state index in [9.17, 15) is 4.79 Å². The summed E-state index contributed by atoms with van der Waals surface area (Å²) >= 11 is 0. The molecule has 0 aromatic rings. The smallest absolute Gasteiger partial charge is 0.238 e. The Kier molecular flexibility index (Phi) is 1.82. The molecular formula is C8H13N2O. The normalized spacial score (nSPS) is 31.8. The fourth-order valence-electron chi connectivity index (χ4n) is 1.92. The third-order valence-corrected chi connectivity index (χ3v) is 2.53. The SMILES string of the molecule is O=C1C[N]C[C@H]2CCCCN12. The lowest BCUT2D eigenvalue weighted by Crippen LogP contribution is -2.54. The number of nitrogens with zero attached hydrogens (tertiary/aromatic N) is 2. The van der Waals surface area contributed by atoms with E-state index in [1.165, 1.54) is 12.8 Å². The predicted octanol–water partition coefficient (Wildman–Crippen LogP) is -0.0145. The molecule has 0 aliphatic carbocycles. The zero-order valence-corrected chi connectivity index (χ0v) is 6.62. The van der Waals surface area contributed by atoms with E-state index in [0.29, 0.717) is 12.6 Å². The molecule has 3 heteroatoms. The summed E-state index contributed by atoms with van der Waals surface area (Å²) in [6, 6.07) is 0.449. The van der Waals surface area contributed by atoms with Gasteiger partial charge in [-0.25, -0.2) is 5.32 Å². The number of piperazine rings is 1. The molecule has 0 aromatic carbocycles. The molecule has 0 bridgehead atoms. The molecule has 0 aromatic heterocycles. The topological polar surface area (TPSA) is 34.4 Å². The number of fused-ring (bicyclic) bond motifs is 1. The van der Waals surface area contributed by atoms with Crippen LogP contribution < -0.4 is 5.32 Å². The molecule has 0 saturated carbocycles. The molecule has 3 nitrogen and oxygen atoms in total. The highest BCUT2D eigenvalue weighted by molar-refractivity contribution is 5.79. The molecule has 2 rings (SSSR count). The monoisotopic (exact) mass is 153 g/mol. The molecule has 1 amide bonds. The third-order valence-electron chi connectivity index (χ3n) is 2.53. The van der Waals surface area contributed by atoms with Gasteiger partial charge in [0.1, 0.15) is 0 Å². The maximum atomic E-state index is 11.3. The zero-order chi connectivity index (χ0) is 7.68. The van der Waals surface area contributed by atoms with Gasteiger partial charge in [-0.1, -0.05) is 0 Å². The van der Waals surface area contributed by atoms with Crippen LogP contribution in [0.5, 0.6) is 0 Å². The summed E-state index contributed by atoms with van der Waals surface area (Å²) in [6.45, 7) is 2.28. The van der Waals surface area contributed by atoms with Crippen molar-refractivity contribution in [1.82, 2.24) is 10.2 Å². The molecule has 2 fully saturated rings. The lowest BCUT2D eigenvalue weighted by molar-refractivity contribution is -0.136. The summed E-state index contributed by atoms with van der Waals surface area (Å²) in [7, 11) is 0. The van der Waals surface area contributed by atoms with E-state index in [1.54, 1.807) is 0 Å². The fourth-order valence-corrected chi connectivity index (χ4v) is 1.92. The highest BCUT2D eigenvalue weighted by Crippen LogP contribution is 2.18. The average molecular weight is 153 g/mol. The van der Waals surface area contributed by atoms with E-state index >= 15 is 0 Å². The van der Waals surface area contributed by atoms with Gasteiger partial charge in [-0.3, -0.25) is 4.79 Å². The van der Waals surface area contributed by atoms with E-state index in [4.69, 9.17) is 0 Å². The van der Waals surface area contributed by atoms with Gasteiger partial charge in [0.25, 0.3) is 0 Å². The summed E-state index contributed by atoms with van der Waals surface area (Å²) in [6.07, 6.45) is 3.61. The number of carbonyl (C=O) groups excluding carboxylic acids is 1. The van der Waals surface area contributed by atoms with Crippen LogP contribution in [-0.2, 0) is 4.79 Å². The fraction of sp³-hybridized carbons (Fsp3) is 0.875. The van der Waals surface area contributed by atoms with Crippen molar-refractivity contribution in [3.63, 3.8) is 0 Å². The molecule has 2 aliphatic rings. The van der Waals surface area contributed by atoms with Crippen LogP contribution in [0.25, 0.3) is 0 Å². The Morgan fingerprint density at radius 2 is 2.36 bits per heavy atom. The largest absolute Gasteiger partial charge is 0.337 e. The van der Waals surface area contributed by atoms with E-state index in [1.807, 2.05) is 4.90 Å². The van der Waals surface area contributed by atoms with Gasteiger partial charge >= 0.3 is 0 Å². The Hall–Kier alpha value is -0.570. The standard InChI is InChI=1S/C8H13N2O/c11-8-6-9-5-7-3-1-2-4-10(7)8/h7H,1-6H2/t7-/m1/s1. The quantitative estimate of drug-likeness (QED) is 0.482. The number of amides is 1. The van der Waals surface area contributed by atoms with Crippen LogP contribution in [0.1, 0.15) is 19.3 Å². The molecule has 0 N–H and O–H groups in total. The highest BCUT2D eigenvalue weighted by Gasteiger charge is 2.29. The molecule has 0 unspecified atom stereocenters. The lowest BCUT2D eigenvalue weighted by Gasteiger charge is -2.38. The summed E-state index contributed by atoms with van der Waals surface area (Å²) in [5.41, 5.74) is 0. The van der Waals surface area contributed by atoms with E-state index in [0.717, 1.165) is 19.5 Å². The van der Waals surface area contributed by atoms with Crippen LogP contribution in [0.2, 0.25) is 0 Å². The summed E-state index contributed by atoms with van der Waals surface area (Å²) in [5, 5.41) is 4.15. The highest BCUT2D eigenvalue weighted by atomic mass is 16.2. The minimum Gasteiger partial charge on any atom is -0.337 e. The molecule has 2 saturated heterocycles. The maximum absolute atomic E-state index is 11.3. The van der Waals surface area contributed by atoms with Crippen LogP contribution in [0.4, 0.5) is 0 Å². The minimum atomic E-state index is 0.237. The van der Waals surface area contributed by atoms with Gasteiger partial charge in [-0.2, -0.15) is 0 Å². The first kappa shape index (κ1) is 7.10. The van der Waals surface area contributed by atoms with Gasteiger partial charge in [0, 0.05) is 19.1 Å². The second kappa shape index (κ2) is 2.81. The summed E-state index contributed by atoms with van der Waals surface area (Å²) < 4.78 is 0. The molecule has 2 aliphatic heterocycles. The molecule has 2 heterocycles. The lowest BCUT2D eigenvalue weighted by atomic mass is 10.0. The van der Waals surface area contributed by atoms with Gasteiger partial charge in [0.2, 0.25) is 5.91 Å². The van der Waals surface area contributed by atoms with Crippen LogP contribution in [-0.4, -0.2) is 36.5 Å². The Bertz CT molecular complexity index is 167. The van der Waals surface area contributed by atoms with Crippen molar-refractivity contribution >= 4 is 5.91 Å². The van der Waals surface area contributed by atoms with Crippen LogP contribution >= 0.6 is 0 Å². The van der Waals surface area contributed by atoms with Gasteiger partial charge in [0.05, 0.1) is 6.54 Å². The Labute approximate surface area is 66.8 Å². The molecular weight excluding hydrogens is 140 g/mol. The first-order valence-electron chi connectivity index (χ1n) is 4.30. The number of carbonyl (C=O) groups is 1. The van der Waals surface area contributed by atoms with Crippen LogP contribution in [0, 0.1) is 0 Å². The van der Waals surface area contributed by atoms with Gasteiger partial charge in [-0.05, 0) is 19.3 Å². The predicted molar refractivity (Wildman–Crippen MR) is 41.2 cm³/mol. The van der Waals surface area contributed by atoms with E-state index in [2.05, 4.69) is 5.32 Å². The number of hydrogen-bond acceptors (Lipinski definition) is 1. The van der Waals surface area contributed by atoms with Crippen LogP contribution in [0.15, 0.2) is 0 Å². The van der Waals surface area contributed by atoms with Crippen molar-refractivity contribution in [3.8, 4) is 0 Å². The Morgan fingerprint density at radius 3 is 3.18 bits per heavy atom. The van der Waals surface area contributed by atoms with Crippen molar-refractivity contribution in [2.75, 3.05) is 19.6 Å². The average Bonchev–Trinajstić information content (AvgIpc) is 2.06. The zero-order valence-electron chi connectivity index (χ0n) is 6.62. The number of rotatable bonds is 0. The van der Waals surface area contributed by atoms with Crippen molar-refractivity contribution in [2.45, 2.75) is 25.3 Å². The molecule has 1 atom stereocenters. The first-order valence-corrected chi connectivity index (χ1v) is 4.30. The second-order valence-electron chi connectivity index (χ2n) is 3.30. The third kappa shape index (κ3) is 1.25. The Balaban J connectivity index is 2.05. The number of hydrogen-bond donors (Lipinski definition) is 0. The summed E-state index contributed by atoms with van der Waals surface area (Å²) in [5.74, 6) is 0.237. The molecule has 0 spiro atoms. The second-order valence-corrected chi connectivity index (χ2v) is 3.30. The Morgan fingerprint density at radius 1 is 1.45 bits per heavy atom. The van der Waals surface area contributed by atoms with Gasteiger partial charge in [-0.15, -0.1) is 0 Å². The number of piperidine rings is 1. The van der Waals surface area contributed by atoms with Crippen molar-refractivity contribution < 1.29 is 4.79 Å². The van der Waals surface area contributed by atoms with E-state index in [-0.39, 0.29) is 5.91 Å².